The molecule has 2 fully saturated rings. The molecule has 3 aliphatic carbocycles. The summed E-state index contributed by atoms with van der Waals surface area (Å²) < 4.78 is 5.48. The van der Waals surface area contributed by atoms with Crippen molar-refractivity contribution in [2.24, 2.45) is 23.2 Å². The second-order valence-electron chi connectivity index (χ2n) is 10.2. The predicted octanol–water partition coefficient (Wildman–Crippen LogP) is 5.31. The Bertz CT molecular complexity index is 598. The van der Waals surface area contributed by atoms with Gasteiger partial charge in [-0.1, -0.05) is 50.2 Å². The molecule has 0 unspecified atom stereocenters. The van der Waals surface area contributed by atoms with Crippen molar-refractivity contribution in [3.8, 4) is 0 Å². The zero-order valence-electron chi connectivity index (χ0n) is 17.2. The van der Waals surface area contributed by atoms with Crippen molar-refractivity contribution in [3.05, 3.63) is 21.8 Å². The summed E-state index contributed by atoms with van der Waals surface area (Å²) >= 11 is 0. The predicted molar refractivity (Wildman–Crippen MR) is 105 cm³/mol. The number of fused-ring (bicyclic) bond motifs is 1. The minimum absolute atomic E-state index is 0.124. The van der Waals surface area contributed by atoms with Crippen LogP contribution in [0.3, 0.4) is 0 Å². The topological polar surface area (TPSA) is 69.4 Å². The lowest BCUT2D eigenvalue weighted by molar-refractivity contribution is -0.506. The molecule has 3 aliphatic rings. The van der Waals surface area contributed by atoms with Crippen LogP contribution in [0.2, 0.25) is 0 Å². The summed E-state index contributed by atoms with van der Waals surface area (Å²) in [7, 11) is 0. The van der Waals surface area contributed by atoms with Crippen LogP contribution in [0, 0.1) is 33.3 Å². The highest BCUT2D eigenvalue weighted by atomic mass is 16.6. The van der Waals surface area contributed by atoms with Gasteiger partial charge >= 0.3 is 5.97 Å². The standard InChI is InChI=1S/C22H35NO4/c1-21(2,3)27-20(24)14-22(15-23(25)26)13-18-11-17(12-19(18)22)10-16-8-6-4-5-7-9-16/h12,16,18-19H,4-11,13-15H2,1-3H3/t18-,19-,22-/m1/s1. The van der Waals surface area contributed by atoms with E-state index >= 15 is 0 Å². The number of carbonyl (C=O) groups is 1. The van der Waals surface area contributed by atoms with Gasteiger partial charge in [0, 0.05) is 4.92 Å². The summed E-state index contributed by atoms with van der Waals surface area (Å²) in [4.78, 5) is 23.5. The molecule has 152 valence electrons. The second kappa shape index (κ2) is 7.92. The van der Waals surface area contributed by atoms with Gasteiger partial charge in [0.05, 0.1) is 11.8 Å². The number of hydrogen-bond acceptors (Lipinski definition) is 4. The van der Waals surface area contributed by atoms with Crippen LogP contribution in [-0.4, -0.2) is 23.0 Å². The lowest BCUT2D eigenvalue weighted by Gasteiger charge is -2.49. The molecule has 5 nitrogen and oxygen atoms in total. The number of carbonyl (C=O) groups excluding carboxylic acids is 1. The summed E-state index contributed by atoms with van der Waals surface area (Å²) in [5.41, 5.74) is 0.403. The van der Waals surface area contributed by atoms with E-state index in [0.29, 0.717) is 5.92 Å². The normalized spacial score (nSPS) is 31.4. The van der Waals surface area contributed by atoms with Crippen LogP contribution in [0.4, 0.5) is 0 Å². The molecule has 0 radical (unpaired) electrons. The SMILES string of the molecule is CC(C)(C)OC(=O)C[C@@]1(C[N+](=O)[O-])C[C@H]2CC(CC3CCCCCC3)=C[C@H]21. The quantitative estimate of drug-likeness (QED) is 0.207. The maximum absolute atomic E-state index is 12.4. The molecule has 0 aromatic rings. The molecule has 0 spiro atoms. The van der Waals surface area contributed by atoms with Gasteiger partial charge in [-0.2, -0.15) is 0 Å². The first-order valence-electron chi connectivity index (χ1n) is 10.7. The smallest absolute Gasteiger partial charge is 0.307 e. The highest BCUT2D eigenvalue weighted by molar-refractivity contribution is 5.71. The van der Waals surface area contributed by atoms with E-state index in [1.54, 1.807) is 0 Å². The number of allylic oxidation sites excluding steroid dienone is 2. The average molecular weight is 378 g/mol. The summed E-state index contributed by atoms with van der Waals surface area (Å²) in [6, 6.07) is 0. The molecule has 0 bridgehead atoms. The van der Waals surface area contributed by atoms with Crippen molar-refractivity contribution in [3.63, 3.8) is 0 Å². The first-order valence-corrected chi connectivity index (χ1v) is 10.7. The Balaban J connectivity index is 1.66. The number of hydrogen-bond donors (Lipinski definition) is 0. The lowest BCUT2D eigenvalue weighted by atomic mass is 9.53. The van der Waals surface area contributed by atoms with Gasteiger partial charge in [-0.25, -0.2) is 0 Å². The molecule has 0 aromatic heterocycles. The molecule has 3 atom stereocenters. The third-order valence-corrected chi connectivity index (χ3v) is 6.71. The van der Waals surface area contributed by atoms with Gasteiger partial charge in [0.25, 0.3) is 0 Å². The second-order valence-corrected chi connectivity index (χ2v) is 10.2. The molecule has 27 heavy (non-hydrogen) atoms. The average Bonchev–Trinajstić information content (AvgIpc) is 2.68. The van der Waals surface area contributed by atoms with Crippen molar-refractivity contribution in [1.82, 2.24) is 0 Å². The summed E-state index contributed by atoms with van der Waals surface area (Å²) in [6.45, 7) is 5.40. The van der Waals surface area contributed by atoms with Gasteiger partial charge in [0.1, 0.15) is 5.60 Å². The molecule has 3 rings (SSSR count). The van der Waals surface area contributed by atoms with Gasteiger partial charge in [-0.3, -0.25) is 14.9 Å². The van der Waals surface area contributed by atoms with E-state index in [4.69, 9.17) is 4.74 Å². The fourth-order valence-corrected chi connectivity index (χ4v) is 5.72. The Morgan fingerprint density at radius 2 is 1.93 bits per heavy atom. The van der Waals surface area contributed by atoms with Crippen molar-refractivity contribution in [2.45, 2.75) is 90.6 Å². The minimum atomic E-state index is -0.549. The van der Waals surface area contributed by atoms with Crippen molar-refractivity contribution in [2.75, 3.05) is 6.54 Å². The fraction of sp³-hybridized carbons (Fsp3) is 0.864. The van der Waals surface area contributed by atoms with Crippen LogP contribution >= 0.6 is 0 Å². The molecule has 0 amide bonds. The maximum atomic E-state index is 12.4. The number of ether oxygens (including phenoxy) is 1. The fourth-order valence-electron chi connectivity index (χ4n) is 5.72. The van der Waals surface area contributed by atoms with Crippen LogP contribution in [-0.2, 0) is 9.53 Å². The molecular formula is C22H35NO4. The molecule has 0 heterocycles. The van der Waals surface area contributed by atoms with E-state index in [1.807, 2.05) is 20.8 Å². The van der Waals surface area contributed by atoms with Crippen LogP contribution in [0.15, 0.2) is 11.6 Å². The van der Waals surface area contributed by atoms with E-state index in [-0.39, 0.29) is 29.8 Å². The monoisotopic (exact) mass is 377 g/mol. The van der Waals surface area contributed by atoms with Crippen LogP contribution in [0.25, 0.3) is 0 Å². The summed E-state index contributed by atoms with van der Waals surface area (Å²) in [5, 5.41) is 11.3. The first kappa shape index (κ1) is 20.3. The molecule has 2 saturated carbocycles. The van der Waals surface area contributed by atoms with E-state index in [0.717, 1.165) is 25.2 Å². The molecule has 0 N–H and O–H groups in total. The number of nitro groups is 1. The van der Waals surface area contributed by atoms with Gasteiger partial charge < -0.3 is 4.74 Å². The number of rotatable bonds is 6. The van der Waals surface area contributed by atoms with Gasteiger partial charge in [-0.05, 0) is 57.8 Å². The van der Waals surface area contributed by atoms with Crippen molar-refractivity contribution >= 4 is 5.97 Å². The highest BCUT2D eigenvalue weighted by Crippen LogP contribution is 2.60. The molecule has 0 aliphatic heterocycles. The van der Waals surface area contributed by atoms with Crippen LogP contribution < -0.4 is 0 Å². The van der Waals surface area contributed by atoms with Gasteiger partial charge in [-0.15, -0.1) is 0 Å². The molecule has 0 aromatic carbocycles. The lowest BCUT2D eigenvalue weighted by Crippen LogP contribution is -2.51. The third-order valence-electron chi connectivity index (χ3n) is 6.71. The van der Waals surface area contributed by atoms with E-state index in [1.165, 1.54) is 44.1 Å². The largest absolute Gasteiger partial charge is 0.460 e. The zero-order valence-corrected chi connectivity index (χ0v) is 17.2. The molecule has 0 saturated heterocycles. The zero-order chi connectivity index (χ0) is 19.7. The summed E-state index contributed by atoms with van der Waals surface area (Å²) in [5.74, 6) is 1.16. The van der Waals surface area contributed by atoms with Crippen molar-refractivity contribution in [1.29, 1.82) is 0 Å². The Labute approximate surface area is 163 Å². The van der Waals surface area contributed by atoms with Crippen LogP contribution in [0.1, 0.15) is 85.0 Å². The van der Waals surface area contributed by atoms with E-state index in [9.17, 15) is 14.9 Å². The summed E-state index contributed by atoms with van der Waals surface area (Å²) in [6.07, 6.45) is 13.6. The minimum Gasteiger partial charge on any atom is -0.460 e. The van der Waals surface area contributed by atoms with Crippen LogP contribution in [0.5, 0.6) is 0 Å². The Hall–Kier alpha value is -1.39. The van der Waals surface area contributed by atoms with Gasteiger partial charge in [0.15, 0.2) is 0 Å². The van der Waals surface area contributed by atoms with Crippen molar-refractivity contribution < 1.29 is 14.5 Å². The third kappa shape index (κ3) is 5.11. The van der Waals surface area contributed by atoms with Gasteiger partial charge in [0.2, 0.25) is 6.54 Å². The number of nitrogens with zero attached hydrogens (tertiary/aromatic N) is 1. The Morgan fingerprint density at radius 1 is 1.26 bits per heavy atom. The number of esters is 1. The molecular weight excluding hydrogens is 342 g/mol. The maximum Gasteiger partial charge on any atom is 0.307 e. The van der Waals surface area contributed by atoms with E-state index < -0.39 is 11.0 Å². The van der Waals surface area contributed by atoms with E-state index in [2.05, 4.69) is 6.08 Å². The molecule has 5 heteroatoms. The highest BCUT2D eigenvalue weighted by Gasteiger charge is 2.59. The Morgan fingerprint density at radius 3 is 2.52 bits per heavy atom. The first-order chi connectivity index (χ1) is 12.7. The Kier molecular flexibility index (Phi) is 5.97.